The van der Waals surface area contributed by atoms with Gasteiger partial charge in [-0.15, -0.1) is 0 Å². The van der Waals surface area contributed by atoms with E-state index in [1.807, 2.05) is 6.92 Å². The number of carbonyl (C=O) groups is 1. The molecule has 4 heteroatoms. The highest BCUT2D eigenvalue weighted by Crippen LogP contribution is 2.11. The number of carboxylic acids is 1. The van der Waals surface area contributed by atoms with Crippen molar-refractivity contribution >= 4 is 5.97 Å². The highest BCUT2D eigenvalue weighted by molar-refractivity contribution is 5.78. The van der Waals surface area contributed by atoms with Gasteiger partial charge in [-0.3, -0.25) is 4.79 Å². The number of nitrogens with one attached hydrogen (secondary N) is 1. The molecule has 0 spiro atoms. The number of carboxylic acid groups (broad SMARTS) is 1. The largest absolute Gasteiger partial charge is 0.480 e. The van der Waals surface area contributed by atoms with E-state index in [1.54, 1.807) is 6.92 Å². The van der Waals surface area contributed by atoms with E-state index in [1.165, 1.54) is 0 Å². The summed E-state index contributed by atoms with van der Waals surface area (Å²) in [5.41, 5.74) is -0.793. The van der Waals surface area contributed by atoms with Gasteiger partial charge in [0, 0.05) is 6.54 Å². The van der Waals surface area contributed by atoms with Crippen molar-refractivity contribution in [2.45, 2.75) is 46.1 Å². The molecule has 1 unspecified atom stereocenters. The van der Waals surface area contributed by atoms with Crippen molar-refractivity contribution in [3.05, 3.63) is 0 Å². The van der Waals surface area contributed by atoms with Crippen LogP contribution in [0, 0.1) is 0 Å². The van der Waals surface area contributed by atoms with Gasteiger partial charge in [-0.25, -0.2) is 0 Å². The smallest absolute Gasteiger partial charge is 0.323 e. The molecule has 2 N–H and O–H groups in total. The van der Waals surface area contributed by atoms with Crippen molar-refractivity contribution in [2.24, 2.45) is 0 Å². The third-order valence-corrected chi connectivity index (χ3v) is 3.06. The lowest BCUT2D eigenvalue weighted by molar-refractivity contribution is -0.144. The molecule has 0 aromatic heterocycles. The quantitative estimate of drug-likeness (QED) is 0.631. The zero-order chi connectivity index (χ0) is 12.6. The third-order valence-electron chi connectivity index (χ3n) is 3.06. The molecule has 0 fully saturated rings. The zero-order valence-corrected chi connectivity index (χ0v) is 11.0. The number of hydrogen-bond donors (Lipinski definition) is 2. The molecule has 0 rings (SSSR count). The molecule has 0 amide bonds. The van der Waals surface area contributed by atoms with E-state index in [2.05, 4.69) is 24.1 Å². The Labute approximate surface area is 99.0 Å². The first-order chi connectivity index (χ1) is 7.50. The minimum Gasteiger partial charge on any atom is -0.480 e. The van der Waals surface area contributed by atoms with Crippen molar-refractivity contribution in [2.75, 3.05) is 26.2 Å². The fraction of sp³-hybridized carbons (Fsp3) is 0.917. The van der Waals surface area contributed by atoms with Crippen LogP contribution in [-0.4, -0.2) is 47.7 Å². The average molecular weight is 230 g/mol. The SMILES string of the molecule is CCCNC(C)(CCN(CC)CC)C(=O)O. The number of hydrogen-bond acceptors (Lipinski definition) is 3. The van der Waals surface area contributed by atoms with E-state index >= 15 is 0 Å². The molecule has 96 valence electrons. The fourth-order valence-corrected chi connectivity index (χ4v) is 1.59. The molecule has 0 bridgehead atoms. The monoisotopic (exact) mass is 230 g/mol. The molecule has 0 aliphatic rings. The summed E-state index contributed by atoms with van der Waals surface area (Å²) in [7, 11) is 0. The Kier molecular flexibility index (Phi) is 7.34. The van der Waals surface area contributed by atoms with Crippen molar-refractivity contribution in [3.8, 4) is 0 Å². The average Bonchev–Trinajstić information content (AvgIpc) is 2.27. The third kappa shape index (κ3) is 4.94. The van der Waals surface area contributed by atoms with E-state index in [9.17, 15) is 9.90 Å². The lowest BCUT2D eigenvalue weighted by Gasteiger charge is -2.29. The second-order valence-electron chi connectivity index (χ2n) is 4.34. The first kappa shape index (κ1) is 15.4. The highest BCUT2D eigenvalue weighted by Gasteiger charge is 2.31. The van der Waals surface area contributed by atoms with E-state index < -0.39 is 11.5 Å². The lowest BCUT2D eigenvalue weighted by atomic mass is 9.97. The van der Waals surface area contributed by atoms with Crippen molar-refractivity contribution in [1.29, 1.82) is 0 Å². The molecule has 0 aliphatic carbocycles. The predicted molar refractivity (Wildman–Crippen MR) is 66.7 cm³/mol. The van der Waals surface area contributed by atoms with Crippen molar-refractivity contribution < 1.29 is 9.90 Å². The van der Waals surface area contributed by atoms with Gasteiger partial charge in [0.15, 0.2) is 0 Å². The summed E-state index contributed by atoms with van der Waals surface area (Å²) in [5, 5.41) is 12.4. The molecule has 0 radical (unpaired) electrons. The summed E-state index contributed by atoms with van der Waals surface area (Å²) >= 11 is 0. The number of aliphatic carboxylic acids is 1. The van der Waals surface area contributed by atoms with Crippen LogP contribution in [0.3, 0.4) is 0 Å². The summed E-state index contributed by atoms with van der Waals surface area (Å²) in [6.07, 6.45) is 1.60. The van der Waals surface area contributed by atoms with Gasteiger partial charge in [-0.2, -0.15) is 0 Å². The molecule has 0 heterocycles. The maximum atomic E-state index is 11.2. The van der Waals surface area contributed by atoms with E-state index in [0.29, 0.717) is 6.42 Å². The Morgan fingerprint density at radius 1 is 1.31 bits per heavy atom. The Bertz CT molecular complexity index is 205. The van der Waals surface area contributed by atoms with Gasteiger partial charge in [-0.1, -0.05) is 20.8 Å². The van der Waals surface area contributed by atoms with Crippen LogP contribution in [0.5, 0.6) is 0 Å². The molecule has 4 nitrogen and oxygen atoms in total. The van der Waals surface area contributed by atoms with Gasteiger partial charge in [0.1, 0.15) is 5.54 Å². The van der Waals surface area contributed by atoms with Gasteiger partial charge in [0.25, 0.3) is 0 Å². The van der Waals surface area contributed by atoms with Gasteiger partial charge >= 0.3 is 5.97 Å². The van der Waals surface area contributed by atoms with Crippen LogP contribution in [0.1, 0.15) is 40.5 Å². The number of nitrogens with zero attached hydrogens (tertiary/aromatic N) is 1. The lowest BCUT2D eigenvalue weighted by Crippen LogP contribution is -2.51. The van der Waals surface area contributed by atoms with Crippen molar-refractivity contribution in [1.82, 2.24) is 10.2 Å². The first-order valence-corrected chi connectivity index (χ1v) is 6.20. The maximum Gasteiger partial charge on any atom is 0.323 e. The number of rotatable bonds is 9. The molecule has 0 aromatic rings. The van der Waals surface area contributed by atoms with Crippen LogP contribution in [0.15, 0.2) is 0 Å². The minimum absolute atomic E-state index is 0.643. The normalized spacial score (nSPS) is 15.1. The van der Waals surface area contributed by atoms with Crippen LogP contribution in [-0.2, 0) is 4.79 Å². The molecular formula is C12H26N2O2. The van der Waals surface area contributed by atoms with Gasteiger partial charge < -0.3 is 15.3 Å². The molecule has 0 saturated carbocycles. The fourth-order valence-electron chi connectivity index (χ4n) is 1.59. The zero-order valence-electron chi connectivity index (χ0n) is 11.0. The topological polar surface area (TPSA) is 52.6 Å². The molecule has 16 heavy (non-hydrogen) atoms. The summed E-state index contributed by atoms with van der Waals surface area (Å²) < 4.78 is 0. The van der Waals surface area contributed by atoms with Crippen LogP contribution in [0.4, 0.5) is 0 Å². The van der Waals surface area contributed by atoms with E-state index in [4.69, 9.17) is 0 Å². The minimum atomic E-state index is -0.793. The van der Waals surface area contributed by atoms with E-state index in [-0.39, 0.29) is 0 Å². The van der Waals surface area contributed by atoms with Crippen LogP contribution < -0.4 is 5.32 Å². The molecule has 0 saturated heterocycles. The standard InChI is InChI=1S/C12H26N2O2/c1-5-9-13-12(4,11(15)16)8-10-14(6-2)7-3/h13H,5-10H2,1-4H3,(H,15,16). The highest BCUT2D eigenvalue weighted by atomic mass is 16.4. The second-order valence-corrected chi connectivity index (χ2v) is 4.34. The Hall–Kier alpha value is -0.610. The summed E-state index contributed by atoms with van der Waals surface area (Å²) in [5.74, 6) is -0.756. The molecule has 0 aliphatic heterocycles. The van der Waals surface area contributed by atoms with Crippen LogP contribution in [0.25, 0.3) is 0 Å². The second kappa shape index (κ2) is 7.63. The predicted octanol–water partition coefficient (Wildman–Crippen LogP) is 1.56. The first-order valence-electron chi connectivity index (χ1n) is 6.20. The van der Waals surface area contributed by atoms with Gasteiger partial charge in [-0.05, 0) is 39.4 Å². The summed E-state index contributed by atoms with van der Waals surface area (Å²) in [6, 6.07) is 0. The van der Waals surface area contributed by atoms with Crippen LogP contribution >= 0.6 is 0 Å². The summed E-state index contributed by atoms with van der Waals surface area (Å²) in [4.78, 5) is 13.5. The Morgan fingerprint density at radius 3 is 2.25 bits per heavy atom. The molecule has 0 aromatic carbocycles. The molecular weight excluding hydrogens is 204 g/mol. The van der Waals surface area contributed by atoms with Crippen molar-refractivity contribution in [3.63, 3.8) is 0 Å². The van der Waals surface area contributed by atoms with Crippen LogP contribution in [0.2, 0.25) is 0 Å². The Balaban J connectivity index is 4.26. The Morgan fingerprint density at radius 2 is 1.88 bits per heavy atom. The van der Waals surface area contributed by atoms with E-state index in [0.717, 1.165) is 32.6 Å². The molecule has 1 atom stereocenters. The maximum absolute atomic E-state index is 11.2. The van der Waals surface area contributed by atoms with Gasteiger partial charge in [0.2, 0.25) is 0 Å². The summed E-state index contributed by atoms with van der Waals surface area (Å²) in [6.45, 7) is 11.5. The van der Waals surface area contributed by atoms with Gasteiger partial charge in [0.05, 0.1) is 0 Å².